The van der Waals surface area contributed by atoms with Crippen LogP contribution in [0.5, 0.6) is 0 Å². The average Bonchev–Trinajstić information content (AvgIpc) is 3.53. The molecular weight excluding hydrogens is 413 g/mol. The van der Waals surface area contributed by atoms with Gasteiger partial charge in [0.2, 0.25) is 11.8 Å². The first-order valence-electron chi connectivity index (χ1n) is 10.5. The van der Waals surface area contributed by atoms with Crippen LogP contribution in [-0.2, 0) is 25.3 Å². The zero-order chi connectivity index (χ0) is 22.8. The fourth-order valence-electron chi connectivity index (χ4n) is 4.08. The van der Waals surface area contributed by atoms with Gasteiger partial charge in [0.05, 0.1) is 24.6 Å². The summed E-state index contributed by atoms with van der Waals surface area (Å²) in [6.45, 7) is 2.76. The minimum absolute atomic E-state index is 0.0926. The lowest BCUT2D eigenvalue weighted by atomic mass is 9.98. The van der Waals surface area contributed by atoms with Crippen molar-refractivity contribution in [3.05, 3.63) is 35.4 Å². The number of hydrogen-bond donors (Lipinski definition) is 0. The molecule has 3 rings (SSSR count). The molecule has 0 bridgehead atoms. The largest absolute Gasteiger partial charge is 0.466 e. The van der Waals surface area contributed by atoms with E-state index in [1.54, 1.807) is 18.9 Å². The summed E-state index contributed by atoms with van der Waals surface area (Å²) < 4.78 is 43.2. The normalized spacial score (nSPS) is 23.3. The van der Waals surface area contributed by atoms with Gasteiger partial charge in [-0.05, 0) is 49.8 Å². The van der Waals surface area contributed by atoms with Gasteiger partial charge in [-0.2, -0.15) is 13.2 Å². The number of likely N-dealkylation sites (tertiary alicyclic amines) is 1. The number of amides is 2. The highest BCUT2D eigenvalue weighted by Crippen LogP contribution is 2.48. The molecule has 0 radical (unpaired) electrons. The van der Waals surface area contributed by atoms with Gasteiger partial charge in [0.25, 0.3) is 0 Å². The third-order valence-corrected chi connectivity index (χ3v) is 5.92. The third kappa shape index (κ3) is 5.57. The minimum Gasteiger partial charge on any atom is -0.466 e. The Morgan fingerprint density at radius 3 is 2.48 bits per heavy atom. The molecule has 1 aromatic carbocycles. The lowest BCUT2D eigenvalue weighted by Gasteiger charge is -2.32. The number of ether oxygens (including phenoxy) is 1. The summed E-state index contributed by atoms with van der Waals surface area (Å²) in [5.41, 5.74) is -0.0236. The molecule has 9 heteroatoms. The highest BCUT2D eigenvalue weighted by molar-refractivity contribution is 5.88. The third-order valence-electron chi connectivity index (χ3n) is 5.92. The monoisotopic (exact) mass is 440 g/mol. The molecule has 1 saturated heterocycles. The van der Waals surface area contributed by atoms with E-state index in [2.05, 4.69) is 0 Å². The van der Waals surface area contributed by atoms with E-state index in [4.69, 9.17) is 4.74 Å². The number of esters is 1. The predicted octanol–water partition coefficient (Wildman–Crippen LogP) is 3.07. The summed E-state index contributed by atoms with van der Waals surface area (Å²) in [5, 5.41) is 0. The fraction of sp³-hybridized carbons (Fsp3) is 0.591. The topological polar surface area (TPSA) is 66.9 Å². The Hall–Kier alpha value is -2.58. The number of likely N-dealkylation sites (N-methyl/N-ethyl adjacent to an activating group) is 1. The smallest absolute Gasteiger partial charge is 0.416 e. The molecule has 0 N–H and O–H groups in total. The van der Waals surface area contributed by atoms with E-state index in [9.17, 15) is 27.6 Å². The predicted molar refractivity (Wildman–Crippen MR) is 106 cm³/mol. The molecule has 2 aliphatic rings. The van der Waals surface area contributed by atoms with Crippen LogP contribution >= 0.6 is 0 Å². The van der Waals surface area contributed by atoms with E-state index >= 15 is 0 Å². The van der Waals surface area contributed by atoms with Gasteiger partial charge in [-0.1, -0.05) is 12.1 Å². The van der Waals surface area contributed by atoms with Gasteiger partial charge >= 0.3 is 12.1 Å². The number of benzene rings is 1. The molecule has 1 aliphatic heterocycles. The van der Waals surface area contributed by atoms with E-state index in [0.717, 1.165) is 12.1 Å². The van der Waals surface area contributed by atoms with Gasteiger partial charge in [-0.15, -0.1) is 0 Å². The number of carbonyl (C=O) groups excluding carboxylic acids is 3. The van der Waals surface area contributed by atoms with Crippen LogP contribution in [0.3, 0.4) is 0 Å². The van der Waals surface area contributed by atoms with Gasteiger partial charge < -0.3 is 14.5 Å². The summed E-state index contributed by atoms with van der Waals surface area (Å²) in [4.78, 5) is 40.2. The maximum atomic E-state index is 12.7. The van der Waals surface area contributed by atoms with Crippen molar-refractivity contribution in [3.8, 4) is 0 Å². The van der Waals surface area contributed by atoms with Crippen LogP contribution in [0.15, 0.2) is 24.3 Å². The van der Waals surface area contributed by atoms with E-state index in [-0.39, 0.29) is 48.6 Å². The Morgan fingerprint density at radius 2 is 1.87 bits per heavy atom. The van der Waals surface area contributed by atoms with Gasteiger partial charge in [-0.3, -0.25) is 14.4 Å². The van der Waals surface area contributed by atoms with Crippen LogP contribution in [-0.4, -0.2) is 60.9 Å². The lowest BCUT2D eigenvalue weighted by molar-refractivity contribution is -0.152. The van der Waals surface area contributed by atoms with Crippen LogP contribution in [0, 0.1) is 11.8 Å². The molecule has 1 saturated carbocycles. The number of rotatable bonds is 6. The number of alkyl halides is 3. The van der Waals surface area contributed by atoms with Crippen LogP contribution in [0.4, 0.5) is 13.2 Å². The summed E-state index contributed by atoms with van der Waals surface area (Å²) in [5.74, 6) is -1.53. The lowest BCUT2D eigenvalue weighted by Crippen LogP contribution is -2.47. The Bertz CT molecular complexity index is 825. The van der Waals surface area contributed by atoms with Crippen molar-refractivity contribution in [2.45, 2.75) is 38.3 Å². The summed E-state index contributed by atoms with van der Waals surface area (Å²) in [7, 11) is 1.55. The van der Waals surface area contributed by atoms with Crippen LogP contribution in [0.1, 0.15) is 43.2 Å². The maximum Gasteiger partial charge on any atom is 0.416 e. The van der Waals surface area contributed by atoms with Gasteiger partial charge in [0, 0.05) is 26.1 Å². The number of nitrogens with zero attached hydrogens (tertiary/aromatic N) is 2. The molecule has 0 spiro atoms. The molecule has 31 heavy (non-hydrogen) atoms. The molecule has 2 fully saturated rings. The van der Waals surface area contributed by atoms with Crippen molar-refractivity contribution in [1.82, 2.24) is 9.80 Å². The second kappa shape index (κ2) is 9.28. The zero-order valence-electron chi connectivity index (χ0n) is 17.7. The van der Waals surface area contributed by atoms with E-state index in [1.807, 2.05) is 0 Å². The quantitative estimate of drug-likeness (QED) is 0.638. The second-order valence-electron chi connectivity index (χ2n) is 8.19. The second-order valence-corrected chi connectivity index (χ2v) is 8.19. The molecule has 2 amide bonds. The van der Waals surface area contributed by atoms with Gasteiger partial charge in [-0.25, -0.2) is 0 Å². The summed E-state index contributed by atoms with van der Waals surface area (Å²) in [6, 6.07) is 4.88. The first-order valence-corrected chi connectivity index (χ1v) is 10.5. The fourth-order valence-corrected chi connectivity index (χ4v) is 4.08. The Kier molecular flexibility index (Phi) is 6.91. The van der Waals surface area contributed by atoms with E-state index in [0.29, 0.717) is 38.0 Å². The average molecular weight is 440 g/mol. The van der Waals surface area contributed by atoms with E-state index < -0.39 is 11.7 Å². The van der Waals surface area contributed by atoms with Crippen LogP contribution < -0.4 is 0 Å². The van der Waals surface area contributed by atoms with Crippen molar-refractivity contribution < 1.29 is 32.3 Å². The van der Waals surface area contributed by atoms with Crippen molar-refractivity contribution in [2.75, 3.05) is 33.3 Å². The van der Waals surface area contributed by atoms with Crippen LogP contribution in [0.2, 0.25) is 0 Å². The van der Waals surface area contributed by atoms with Crippen molar-refractivity contribution >= 4 is 17.8 Å². The Morgan fingerprint density at radius 1 is 1.19 bits per heavy atom. The number of carbonyl (C=O) groups is 3. The van der Waals surface area contributed by atoms with Gasteiger partial charge in [0.15, 0.2) is 0 Å². The summed E-state index contributed by atoms with van der Waals surface area (Å²) >= 11 is 0. The first-order chi connectivity index (χ1) is 14.6. The highest BCUT2D eigenvalue weighted by atomic mass is 19.4. The highest BCUT2D eigenvalue weighted by Gasteiger charge is 2.45. The Balaban J connectivity index is 1.52. The molecule has 1 aromatic rings. The van der Waals surface area contributed by atoms with Crippen LogP contribution in [0.25, 0.3) is 0 Å². The minimum atomic E-state index is -4.39. The van der Waals surface area contributed by atoms with E-state index in [1.165, 1.54) is 17.0 Å². The van der Waals surface area contributed by atoms with Crippen molar-refractivity contribution in [3.63, 3.8) is 0 Å². The SMILES string of the molecule is CCOC(=O)C1CCCN(C(=O)CN(C)C(=O)C2CC2c2ccc(C(F)(F)F)cc2)C1. The molecule has 170 valence electrons. The zero-order valence-corrected chi connectivity index (χ0v) is 17.7. The molecule has 1 heterocycles. The standard InChI is InChI=1S/C22H27F3N2O4/c1-3-31-21(30)15-5-4-10-27(12-15)19(28)13-26(2)20(29)18-11-17(18)14-6-8-16(9-7-14)22(23,24)25/h6-9,15,17-18H,3-5,10-13H2,1-2H3. The molecule has 6 nitrogen and oxygen atoms in total. The first kappa shape index (κ1) is 23.1. The number of piperidine rings is 1. The van der Waals surface area contributed by atoms with Gasteiger partial charge in [0.1, 0.15) is 0 Å². The maximum absolute atomic E-state index is 12.7. The molecule has 3 unspecified atom stereocenters. The Labute approximate surface area is 179 Å². The molecule has 0 aromatic heterocycles. The molecular formula is C22H27F3N2O4. The number of hydrogen-bond acceptors (Lipinski definition) is 4. The number of halogens is 3. The summed E-state index contributed by atoms with van der Waals surface area (Å²) in [6.07, 6.45) is -2.46. The molecule has 1 aliphatic carbocycles. The molecule has 3 atom stereocenters. The van der Waals surface area contributed by atoms with Crippen molar-refractivity contribution in [1.29, 1.82) is 0 Å². The van der Waals surface area contributed by atoms with Crippen molar-refractivity contribution in [2.24, 2.45) is 11.8 Å².